The van der Waals surface area contributed by atoms with Crippen LogP contribution in [0.4, 0.5) is 5.82 Å². The molecule has 190 valence electrons. The average molecular weight is 513 g/mol. The van der Waals surface area contributed by atoms with Gasteiger partial charge in [-0.25, -0.2) is 9.97 Å². The van der Waals surface area contributed by atoms with Crippen LogP contribution >= 0.6 is 23.4 Å². The molecular weight excluding hydrogens is 476 g/mol. The lowest BCUT2D eigenvalue weighted by Crippen LogP contribution is -2.54. The summed E-state index contributed by atoms with van der Waals surface area (Å²) in [6.45, 7) is 11.3. The number of nitrogens with one attached hydrogen (secondary N) is 1. The van der Waals surface area contributed by atoms with Crippen molar-refractivity contribution in [1.82, 2.24) is 25.1 Å². The van der Waals surface area contributed by atoms with E-state index in [0.717, 1.165) is 57.9 Å². The van der Waals surface area contributed by atoms with Gasteiger partial charge in [0.2, 0.25) is 11.8 Å². The molecule has 0 saturated carbocycles. The molecule has 1 unspecified atom stereocenters. The normalized spacial score (nSPS) is 19.3. The zero-order valence-corrected chi connectivity index (χ0v) is 21.9. The Hall–Kier alpha value is -1.62. The fourth-order valence-corrected chi connectivity index (χ4v) is 5.07. The van der Waals surface area contributed by atoms with E-state index in [9.17, 15) is 9.59 Å². The topological polar surface area (TPSA) is 90.9 Å². The van der Waals surface area contributed by atoms with Crippen LogP contribution in [0.3, 0.4) is 0 Å². The van der Waals surface area contributed by atoms with Crippen molar-refractivity contribution in [3.63, 3.8) is 0 Å². The Morgan fingerprint density at radius 1 is 1.21 bits per heavy atom. The summed E-state index contributed by atoms with van der Waals surface area (Å²) < 4.78 is 5.35. The van der Waals surface area contributed by atoms with Crippen LogP contribution in [-0.2, 0) is 14.3 Å². The van der Waals surface area contributed by atoms with E-state index in [0.29, 0.717) is 42.9 Å². The number of unbranched alkanes of at least 4 members (excludes halogenated alkanes) is 1. The number of ether oxygens (including phenoxy) is 1. The van der Waals surface area contributed by atoms with Crippen LogP contribution in [0.25, 0.3) is 0 Å². The lowest BCUT2D eigenvalue weighted by atomic mass is 10.1. The highest BCUT2D eigenvalue weighted by Crippen LogP contribution is 2.24. The first-order chi connectivity index (χ1) is 16.5. The van der Waals surface area contributed by atoms with Gasteiger partial charge >= 0.3 is 0 Å². The van der Waals surface area contributed by atoms with Crippen LogP contribution in [-0.4, -0.2) is 102 Å². The molecule has 1 atom stereocenters. The lowest BCUT2D eigenvalue weighted by molar-refractivity contribution is -0.133. The zero-order valence-electron chi connectivity index (χ0n) is 20.3. The van der Waals surface area contributed by atoms with Crippen LogP contribution < -0.4 is 10.2 Å². The summed E-state index contributed by atoms with van der Waals surface area (Å²) in [5, 5.41) is 3.81. The van der Waals surface area contributed by atoms with Crippen LogP contribution in [0.1, 0.15) is 39.5 Å². The number of amides is 2. The number of thioether (sulfide) groups is 1. The fraction of sp³-hybridized carbons (Fsp3) is 0.739. The van der Waals surface area contributed by atoms with E-state index in [1.165, 1.54) is 11.8 Å². The van der Waals surface area contributed by atoms with E-state index in [2.05, 4.69) is 38.9 Å². The number of nitrogens with zero attached hydrogens (tertiary/aromatic N) is 5. The zero-order chi connectivity index (χ0) is 24.3. The predicted molar refractivity (Wildman–Crippen MR) is 136 cm³/mol. The van der Waals surface area contributed by atoms with Crippen molar-refractivity contribution in [3.8, 4) is 0 Å². The molecule has 34 heavy (non-hydrogen) atoms. The number of halogens is 1. The summed E-state index contributed by atoms with van der Waals surface area (Å²) in [4.78, 5) is 40.1. The van der Waals surface area contributed by atoms with Gasteiger partial charge in [0.15, 0.2) is 5.16 Å². The Balaban J connectivity index is 1.43. The molecule has 0 spiro atoms. The maximum Gasteiger partial charge on any atom is 0.230 e. The van der Waals surface area contributed by atoms with E-state index in [4.69, 9.17) is 16.3 Å². The lowest BCUT2D eigenvalue weighted by Gasteiger charge is -2.40. The number of rotatable bonds is 11. The minimum absolute atomic E-state index is 0.0371. The third-order valence-corrected chi connectivity index (χ3v) is 7.13. The molecule has 9 nitrogen and oxygen atoms in total. The third-order valence-electron chi connectivity index (χ3n) is 6.09. The molecule has 0 aromatic carbocycles. The number of morpholine rings is 1. The van der Waals surface area contributed by atoms with E-state index in [1.54, 1.807) is 6.07 Å². The van der Waals surface area contributed by atoms with Crippen LogP contribution in [0.5, 0.6) is 0 Å². The van der Waals surface area contributed by atoms with E-state index in [1.807, 2.05) is 4.90 Å². The maximum atomic E-state index is 12.5. The van der Waals surface area contributed by atoms with Crippen LogP contribution in [0.2, 0.25) is 5.15 Å². The first kappa shape index (κ1) is 27.0. The van der Waals surface area contributed by atoms with Crippen molar-refractivity contribution >= 4 is 41.0 Å². The highest BCUT2D eigenvalue weighted by Gasteiger charge is 2.28. The number of carbonyl (C=O) groups is 2. The van der Waals surface area contributed by atoms with Crippen molar-refractivity contribution < 1.29 is 14.3 Å². The molecule has 2 fully saturated rings. The molecule has 0 bridgehead atoms. The van der Waals surface area contributed by atoms with E-state index >= 15 is 0 Å². The standard InChI is InChI=1S/C23H37ClN6O3S/c1-3-4-6-22(32)30-10-9-29(16-18(30)2)20-15-19(24)26-23(27-20)34-17-21(31)25-7-5-8-28-11-13-33-14-12-28/h15,18H,3-14,16-17H2,1-2H3,(H,25,31). The SMILES string of the molecule is CCCCC(=O)N1CCN(c2cc(Cl)nc(SCC(=O)NCCCN3CCOCC3)n2)CC1C. The van der Waals surface area contributed by atoms with Crippen molar-refractivity contribution in [3.05, 3.63) is 11.2 Å². The van der Waals surface area contributed by atoms with Gasteiger partial charge in [0, 0.05) is 57.8 Å². The molecular formula is C23H37ClN6O3S. The largest absolute Gasteiger partial charge is 0.379 e. The summed E-state index contributed by atoms with van der Waals surface area (Å²) >= 11 is 7.55. The maximum absolute atomic E-state index is 12.5. The van der Waals surface area contributed by atoms with Crippen LogP contribution in [0, 0.1) is 0 Å². The number of hydrogen-bond acceptors (Lipinski definition) is 8. The molecule has 1 aromatic heterocycles. The molecule has 2 aliphatic rings. The Morgan fingerprint density at radius 2 is 2.00 bits per heavy atom. The monoisotopic (exact) mass is 512 g/mol. The minimum Gasteiger partial charge on any atom is -0.379 e. The smallest absolute Gasteiger partial charge is 0.230 e. The van der Waals surface area contributed by atoms with Crippen molar-refractivity contribution in [2.75, 3.05) is 69.7 Å². The van der Waals surface area contributed by atoms with Gasteiger partial charge in [0.25, 0.3) is 0 Å². The molecule has 2 amide bonds. The second kappa shape index (κ2) is 14.1. The minimum atomic E-state index is -0.0371. The summed E-state index contributed by atoms with van der Waals surface area (Å²) in [7, 11) is 0. The molecule has 0 aliphatic carbocycles. The van der Waals surface area contributed by atoms with E-state index < -0.39 is 0 Å². The highest BCUT2D eigenvalue weighted by atomic mass is 35.5. The van der Waals surface area contributed by atoms with Crippen molar-refractivity contribution in [1.29, 1.82) is 0 Å². The van der Waals surface area contributed by atoms with Gasteiger partial charge in [-0.15, -0.1) is 0 Å². The number of hydrogen-bond donors (Lipinski definition) is 1. The quantitative estimate of drug-likeness (QED) is 0.209. The summed E-state index contributed by atoms with van der Waals surface area (Å²) in [6.07, 6.45) is 3.47. The molecule has 2 saturated heterocycles. The fourth-order valence-electron chi connectivity index (χ4n) is 4.16. The van der Waals surface area contributed by atoms with Gasteiger partial charge in [-0.3, -0.25) is 14.5 Å². The third kappa shape index (κ3) is 8.55. The Labute approximate surface area is 211 Å². The average Bonchev–Trinajstić information content (AvgIpc) is 2.84. The number of carbonyl (C=O) groups excluding carboxylic acids is 2. The molecule has 1 aromatic rings. The summed E-state index contributed by atoms with van der Waals surface area (Å²) in [6, 6.07) is 1.85. The number of piperazine rings is 1. The Bertz CT molecular complexity index is 811. The van der Waals surface area contributed by atoms with Gasteiger partial charge < -0.3 is 19.9 Å². The van der Waals surface area contributed by atoms with Crippen molar-refractivity contribution in [2.45, 2.75) is 50.7 Å². The summed E-state index contributed by atoms with van der Waals surface area (Å²) in [5.41, 5.74) is 0. The van der Waals surface area contributed by atoms with Gasteiger partial charge in [-0.1, -0.05) is 36.7 Å². The molecule has 3 heterocycles. The summed E-state index contributed by atoms with van der Waals surface area (Å²) in [5.74, 6) is 1.17. The second-order valence-electron chi connectivity index (χ2n) is 8.76. The number of anilines is 1. The van der Waals surface area contributed by atoms with Gasteiger partial charge in [0.05, 0.1) is 19.0 Å². The number of aromatic nitrogens is 2. The predicted octanol–water partition coefficient (Wildman–Crippen LogP) is 2.29. The molecule has 1 N–H and O–H groups in total. The Kier molecular flexibility index (Phi) is 11.2. The van der Waals surface area contributed by atoms with Crippen LogP contribution in [0.15, 0.2) is 11.2 Å². The van der Waals surface area contributed by atoms with Gasteiger partial charge in [-0.2, -0.15) is 0 Å². The molecule has 3 rings (SSSR count). The first-order valence-corrected chi connectivity index (χ1v) is 13.6. The van der Waals surface area contributed by atoms with Gasteiger partial charge in [0.1, 0.15) is 11.0 Å². The first-order valence-electron chi connectivity index (χ1n) is 12.2. The van der Waals surface area contributed by atoms with E-state index in [-0.39, 0.29) is 23.6 Å². The molecule has 11 heteroatoms. The van der Waals surface area contributed by atoms with Gasteiger partial charge in [-0.05, 0) is 26.3 Å². The van der Waals surface area contributed by atoms with Crippen molar-refractivity contribution in [2.24, 2.45) is 0 Å². The molecule has 2 aliphatic heterocycles. The second-order valence-corrected chi connectivity index (χ2v) is 10.1. The Morgan fingerprint density at radius 3 is 2.74 bits per heavy atom. The highest BCUT2D eigenvalue weighted by molar-refractivity contribution is 7.99. The molecule has 0 radical (unpaired) electrons.